The summed E-state index contributed by atoms with van der Waals surface area (Å²) < 4.78 is 44.6. The van der Waals surface area contributed by atoms with E-state index in [0.29, 0.717) is 68.9 Å². The molecule has 1 saturated heterocycles. The van der Waals surface area contributed by atoms with Crippen molar-refractivity contribution in [3.63, 3.8) is 0 Å². The van der Waals surface area contributed by atoms with Gasteiger partial charge in [0.2, 0.25) is 0 Å². The van der Waals surface area contributed by atoms with Gasteiger partial charge in [0.1, 0.15) is 40.2 Å². The molecule has 0 N–H and O–H groups in total. The van der Waals surface area contributed by atoms with Gasteiger partial charge < -0.3 is 57.3 Å². The zero-order chi connectivity index (χ0) is 85.7. The van der Waals surface area contributed by atoms with Gasteiger partial charge >= 0.3 is 0 Å². The molecule has 4 amide bonds. The normalized spacial score (nSPS) is 13.8. The Morgan fingerprint density at radius 1 is 0.419 bits per heavy atom. The second-order valence-corrected chi connectivity index (χ2v) is 30.2. The van der Waals surface area contributed by atoms with Crippen molar-refractivity contribution in [3.8, 4) is 74.0 Å². The van der Waals surface area contributed by atoms with E-state index in [-0.39, 0.29) is 43.6 Å². The Balaban J connectivity index is 0.000000143. The van der Waals surface area contributed by atoms with Crippen LogP contribution in [0.15, 0.2) is 244 Å². The highest BCUT2D eigenvalue weighted by atomic mass is 16.5. The van der Waals surface area contributed by atoms with Gasteiger partial charge in [-0.25, -0.2) is 15.0 Å². The molecule has 28 nitrogen and oxygen atoms in total. The molecule has 0 spiro atoms. The Morgan fingerprint density at radius 2 is 0.839 bits per heavy atom. The van der Waals surface area contributed by atoms with Crippen LogP contribution in [0.2, 0.25) is 0 Å². The standard InChI is InChI=1S/C32H34N6O3.C32H29N5O4.C31H28N6O4.CH4/c1-36-21-23(17-34-36)30-18-33-28-10-9-24(15-29(28)35-30)38(25-13-26(39-2)16-27(14-25)40-3)20-22-11-12-37(19-22)31-7-5-6-8-32(31)41-4;1-20(18-36-31(38)26-7-5-6-8-27(26)32(36)39)37(23-13-24(40-3)16-25(14-23)41-4)22-9-10-28-29(15-22)34-30(17-33-28)21-11-12-35(2)19-21;1-19(37-30(38)25-7-5-6-8-26(25)31(37)39)17-36(22-11-23(40-3)14-24(12-22)41-4)21-9-10-27-28(13-21)34-29(16-32-27)20-15-33-35(2)18-20;/h5-10,13-18,21-22H,11-12,19-20H2,1-4H3;5-17,19-20H,18H2,1-4H3;5-16,18-19H,17H2,1-4H3;1H4. The van der Waals surface area contributed by atoms with Crippen LogP contribution in [0.1, 0.15) is 69.1 Å². The van der Waals surface area contributed by atoms with Crippen LogP contribution in [0.5, 0.6) is 40.2 Å². The van der Waals surface area contributed by atoms with E-state index in [2.05, 4.69) is 76.2 Å². The molecule has 15 aromatic rings. The first-order valence-corrected chi connectivity index (χ1v) is 40.0. The lowest BCUT2D eigenvalue weighted by Gasteiger charge is -2.34. The van der Waals surface area contributed by atoms with E-state index in [4.69, 9.17) is 48.1 Å². The number of aromatic nitrogens is 11. The Morgan fingerprint density at radius 3 is 1.28 bits per heavy atom. The minimum absolute atomic E-state index is 0. The molecule has 630 valence electrons. The summed E-state index contributed by atoms with van der Waals surface area (Å²) in [6, 6.07) is 58.4. The number of ether oxygens (including phenoxy) is 7. The second-order valence-electron chi connectivity index (χ2n) is 30.2. The van der Waals surface area contributed by atoms with Crippen molar-refractivity contribution in [2.45, 2.75) is 39.8 Å². The molecule has 0 radical (unpaired) electrons. The average Bonchev–Trinajstić information content (AvgIpc) is 1.59. The minimum atomic E-state index is -0.469. The molecule has 3 aliphatic rings. The second kappa shape index (κ2) is 36.4. The first-order valence-electron chi connectivity index (χ1n) is 40.0. The number of fused-ring (bicyclic) bond motifs is 5. The fourth-order valence-corrected chi connectivity index (χ4v) is 15.9. The van der Waals surface area contributed by atoms with Crippen LogP contribution >= 0.6 is 0 Å². The molecule has 9 aromatic carbocycles. The van der Waals surface area contributed by atoms with Gasteiger partial charge in [-0.3, -0.25) is 53.3 Å². The van der Waals surface area contributed by atoms with Gasteiger partial charge in [-0.15, -0.1) is 0 Å². The molecule has 3 unspecified atom stereocenters. The smallest absolute Gasteiger partial charge is 0.261 e. The van der Waals surface area contributed by atoms with Crippen LogP contribution in [-0.4, -0.2) is 182 Å². The predicted molar refractivity (Wildman–Crippen MR) is 480 cm³/mol. The van der Waals surface area contributed by atoms with E-state index in [1.165, 1.54) is 9.80 Å². The van der Waals surface area contributed by atoms with Crippen molar-refractivity contribution >= 4 is 96.5 Å². The van der Waals surface area contributed by atoms with Crippen molar-refractivity contribution in [2.75, 3.05) is 102 Å². The van der Waals surface area contributed by atoms with Crippen LogP contribution in [0.3, 0.4) is 0 Å². The topological polar surface area (TPSA) is 270 Å². The number of hydrogen-bond acceptors (Lipinski definition) is 23. The molecule has 18 rings (SSSR count). The molecule has 124 heavy (non-hydrogen) atoms. The summed E-state index contributed by atoms with van der Waals surface area (Å²) in [5.74, 6) is 4.06. The van der Waals surface area contributed by atoms with Crippen LogP contribution < -0.4 is 52.8 Å². The third-order valence-electron chi connectivity index (χ3n) is 22.1. The fourth-order valence-electron chi connectivity index (χ4n) is 15.9. The summed E-state index contributed by atoms with van der Waals surface area (Å²) in [5, 5.41) is 8.54. The molecule has 9 heterocycles. The number of nitrogens with zero attached hydrogens (tertiary/aromatic N) is 17. The van der Waals surface area contributed by atoms with Crippen molar-refractivity contribution < 1.29 is 52.3 Å². The largest absolute Gasteiger partial charge is 0.497 e. The van der Waals surface area contributed by atoms with E-state index in [1.807, 2.05) is 166 Å². The zero-order valence-corrected chi connectivity index (χ0v) is 70.2. The molecule has 0 aliphatic carbocycles. The lowest BCUT2D eigenvalue weighted by atomic mass is 10.1. The molecule has 28 heteroatoms. The summed E-state index contributed by atoms with van der Waals surface area (Å²) in [6.07, 6.45) is 17.7. The number of rotatable bonds is 25. The first-order chi connectivity index (χ1) is 59.7. The van der Waals surface area contributed by atoms with Crippen LogP contribution in [0.4, 0.5) is 39.8 Å². The molecule has 6 aromatic heterocycles. The molecular formula is C96H95N17O11. The molecule has 3 aliphatic heterocycles. The maximum Gasteiger partial charge on any atom is 0.261 e. The molecule has 1 fully saturated rings. The number of benzene rings is 9. The number of methoxy groups -OCH3 is 7. The summed E-state index contributed by atoms with van der Waals surface area (Å²) in [5.41, 5.74) is 17.6. The summed E-state index contributed by atoms with van der Waals surface area (Å²) in [7, 11) is 17.2. The Kier molecular flexibility index (Phi) is 24.6. The average molecular weight is 1660 g/mol. The SMILES string of the molecule is C.COc1cc(OC)cc(N(CC(C)N2C(=O)c3ccccc3C2=O)c2ccc3ncc(-c4cnn(C)c4)nc3c2)c1.COc1cc(OC)cc(N(CC2CCN(c3ccccc3OC)C2)c2ccc3ncc(-c4cnn(C)c4)nc3c2)c1.COc1cc(OC)cc(N(c2ccc3ncc(-c4ccn(C)c4)nc3c2)C(C)CN2C(=O)c3ccccc3C2=O)c1. The zero-order valence-electron chi connectivity index (χ0n) is 70.2. The van der Waals surface area contributed by atoms with Crippen molar-refractivity contribution in [1.29, 1.82) is 0 Å². The van der Waals surface area contributed by atoms with Crippen LogP contribution in [-0.2, 0) is 21.1 Å². The molecule has 0 saturated carbocycles. The van der Waals surface area contributed by atoms with E-state index >= 15 is 0 Å². The number of amides is 4. The van der Waals surface area contributed by atoms with E-state index in [0.717, 1.165) is 139 Å². The maximum absolute atomic E-state index is 13.3. The Hall–Kier alpha value is -15.2. The van der Waals surface area contributed by atoms with Crippen LogP contribution in [0, 0.1) is 5.92 Å². The highest BCUT2D eigenvalue weighted by molar-refractivity contribution is 6.22. The number of para-hydroxylation sites is 2. The summed E-state index contributed by atoms with van der Waals surface area (Å²) in [4.78, 5) is 93.1. The van der Waals surface area contributed by atoms with Gasteiger partial charge in [0.25, 0.3) is 23.6 Å². The van der Waals surface area contributed by atoms with Crippen molar-refractivity contribution in [2.24, 2.45) is 27.1 Å². The van der Waals surface area contributed by atoms with E-state index in [1.54, 1.807) is 145 Å². The predicted octanol–water partition coefficient (Wildman–Crippen LogP) is 16.7. The van der Waals surface area contributed by atoms with Crippen molar-refractivity contribution in [3.05, 3.63) is 266 Å². The Labute approximate surface area is 718 Å². The fraction of sp³-hybridized carbons (Fsp3) is 0.229. The third kappa shape index (κ3) is 17.4. The quantitative estimate of drug-likeness (QED) is 0.0481. The van der Waals surface area contributed by atoms with Gasteiger partial charge in [-0.05, 0) is 123 Å². The van der Waals surface area contributed by atoms with Gasteiger partial charge in [0, 0.05) is 190 Å². The highest BCUT2D eigenvalue weighted by Gasteiger charge is 2.40. The van der Waals surface area contributed by atoms with Crippen LogP contribution in [0.25, 0.3) is 66.9 Å². The minimum Gasteiger partial charge on any atom is -0.497 e. The van der Waals surface area contributed by atoms with Gasteiger partial charge in [-0.2, -0.15) is 10.2 Å². The summed E-state index contributed by atoms with van der Waals surface area (Å²) >= 11 is 0. The molecule has 3 atom stereocenters. The van der Waals surface area contributed by atoms with Crippen molar-refractivity contribution in [1.82, 2.24) is 63.8 Å². The number of hydrogen-bond donors (Lipinski definition) is 0. The lowest BCUT2D eigenvalue weighted by molar-refractivity contribution is 0.0597. The van der Waals surface area contributed by atoms with Gasteiger partial charge in [0.15, 0.2) is 0 Å². The molecule has 0 bridgehead atoms. The van der Waals surface area contributed by atoms with Gasteiger partial charge in [0.05, 0.1) is 165 Å². The number of carbonyl (C=O) groups is 4. The van der Waals surface area contributed by atoms with E-state index in [9.17, 15) is 19.2 Å². The van der Waals surface area contributed by atoms with E-state index < -0.39 is 6.04 Å². The lowest BCUT2D eigenvalue weighted by Crippen LogP contribution is -2.44. The van der Waals surface area contributed by atoms with Gasteiger partial charge in [-0.1, -0.05) is 43.8 Å². The number of carbonyl (C=O) groups excluding carboxylic acids is 4. The first kappa shape index (κ1) is 83.8. The monoisotopic (exact) mass is 1660 g/mol. The number of imide groups is 2. The molecular weight excluding hydrogens is 1570 g/mol. The number of anilines is 7. The Bertz CT molecular complexity index is 6350. The maximum atomic E-state index is 13.3. The number of aryl methyl sites for hydroxylation is 3. The highest BCUT2D eigenvalue weighted by Crippen LogP contribution is 2.42. The third-order valence-corrected chi connectivity index (χ3v) is 22.1. The summed E-state index contributed by atoms with van der Waals surface area (Å²) in [6.45, 7) is 7.03.